The molecule has 0 fully saturated rings. The van der Waals surface area contributed by atoms with Gasteiger partial charge in [0.1, 0.15) is 10.6 Å². The number of benzene rings is 1. The Hall–Kier alpha value is -1.61. The Kier molecular flexibility index (Phi) is 4.38. The van der Waals surface area contributed by atoms with Crippen molar-refractivity contribution in [2.45, 2.75) is 26.2 Å². The van der Waals surface area contributed by atoms with Crippen LogP contribution in [-0.2, 0) is 0 Å². The predicted molar refractivity (Wildman–Crippen MR) is 79.5 cm³/mol. The maximum atomic E-state index is 12.4. The Morgan fingerprint density at radius 2 is 1.95 bits per heavy atom. The van der Waals surface area contributed by atoms with E-state index in [1.807, 2.05) is 35.7 Å². The van der Waals surface area contributed by atoms with Crippen molar-refractivity contribution in [3.8, 4) is 5.75 Å². The molecular formula is C16H18O2S. The van der Waals surface area contributed by atoms with Crippen molar-refractivity contribution >= 4 is 17.1 Å². The Balaban J connectivity index is 2.25. The summed E-state index contributed by atoms with van der Waals surface area (Å²) in [4.78, 5) is 13.0. The molecule has 0 saturated heterocycles. The minimum absolute atomic E-state index is 0.0301. The third-order valence-corrected chi connectivity index (χ3v) is 4.30. The molecule has 0 radical (unpaired) electrons. The molecule has 1 heterocycles. The van der Waals surface area contributed by atoms with Crippen LogP contribution in [0.25, 0.3) is 0 Å². The average Bonchev–Trinajstić information content (AvgIpc) is 2.94. The molecular weight excluding hydrogens is 256 g/mol. The second-order valence-electron chi connectivity index (χ2n) is 4.58. The van der Waals surface area contributed by atoms with Crippen molar-refractivity contribution in [2.24, 2.45) is 0 Å². The van der Waals surface area contributed by atoms with Crippen LogP contribution >= 0.6 is 11.3 Å². The molecule has 0 aliphatic heterocycles. The van der Waals surface area contributed by atoms with Crippen molar-refractivity contribution < 1.29 is 9.53 Å². The van der Waals surface area contributed by atoms with E-state index in [4.69, 9.17) is 4.74 Å². The number of hydrogen-bond donors (Lipinski definition) is 0. The molecule has 0 aliphatic rings. The van der Waals surface area contributed by atoms with E-state index in [9.17, 15) is 4.79 Å². The maximum absolute atomic E-state index is 12.4. The van der Waals surface area contributed by atoms with E-state index in [1.54, 1.807) is 7.11 Å². The first kappa shape index (κ1) is 13.8. The molecule has 1 atom stereocenters. The van der Waals surface area contributed by atoms with Gasteiger partial charge in [-0.1, -0.05) is 38.1 Å². The first-order chi connectivity index (χ1) is 9.17. The molecule has 2 nitrogen and oxygen atoms in total. The molecule has 0 bridgehead atoms. The number of carbonyl (C=O) groups is 1. The summed E-state index contributed by atoms with van der Waals surface area (Å²) in [6.45, 7) is 4.36. The van der Waals surface area contributed by atoms with Gasteiger partial charge in [0.25, 0.3) is 0 Å². The highest BCUT2D eigenvalue weighted by molar-refractivity contribution is 7.12. The van der Waals surface area contributed by atoms with Gasteiger partial charge in [0.05, 0.1) is 7.11 Å². The fourth-order valence-corrected chi connectivity index (χ4v) is 2.77. The SMILES string of the molecule is CCC(C)c1ccc(C(=O)c2sccc2OC)cc1. The molecule has 0 N–H and O–H groups in total. The summed E-state index contributed by atoms with van der Waals surface area (Å²) >= 11 is 1.42. The van der Waals surface area contributed by atoms with E-state index in [-0.39, 0.29) is 5.78 Å². The number of carbonyl (C=O) groups excluding carboxylic acids is 1. The first-order valence-electron chi connectivity index (χ1n) is 6.43. The number of ketones is 1. The normalized spacial score (nSPS) is 12.2. The summed E-state index contributed by atoms with van der Waals surface area (Å²) in [5, 5.41) is 1.87. The van der Waals surface area contributed by atoms with Gasteiger partial charge in [-0.15, -0.1) is 11.3 Å². The third-order valence-electron chi connectivity index (χ3n) is 3.41. The van der Waals surface area contributed by atoms with Gasteiger partial charge in [0.2, 0.25) is 5.78 Å². The molecule has 2 aromatic rings. The van der Waals surface area contributed by atoms with Gasteiger partial charge in [-0.25, -0.2) is 0 Å². The lowest BCUT2D eigenvalue weighted by molar-refractivity contribution is 0.104. The minimum Gasteiger partial charge on any atom is -0.495 e. The van der Waals surface area contributed by atoms with E-state index in [2.05, 4.69) is 13.8 Å². The van der Waals surface area contributed by atoms with Gasteiger partial charge >= 0.3 is 0 Å². The van der Waals surface area contributed by atoms with Gasteiger partial charge in [-0.05, 0) is 29.3 Å². The zero-order valence-electron chi connectivity index (χ0n) is 11.5. The van der Waals surface area contributed by atoms with Crippen LogP contribution in [0.5, 0.6) is 5.75 Å². The summed E-state index contributed by atoms with van der Waals surface area (Å²) in [5.74, 6) is 1.21. The molecule has 0 aliphatic carbocycles. The zero-order chi connectivity index (χ0) is 13.8. The lowest BCUT2D eigenvalue weighted by atomic mass is 9.96. The van der Waals surface area contributed by atoms with Crippen LogP contribution < -0.4 is 4.74 Å². The standard InChI is InChI=1S/C16H18O2S/c1-4-11(2)12-5-7-13(8-6-12)15(17)16-14(18-3)9-10-19-16/h5-11H,4H2,1-3H3. The number of ether oxygens (including phenoxy) is 1. The molecule has 1 unspecified atom stereocenters. The van der Waals surface area contributed by atoms with E-state index in [0.29, 0.717) is 22.1 Å². The Morgan fingerprint density at radius 3 is 2.53 bits per heavy atom. The van der Waals surface area contributed by atoms with Gasteiger partial charge in [-0.2, -0.15) is 0 Å². The van der Waals surface area contributed by atoms with Crippen molar-refractivity contribution in [3.63, 3.8) is 0 Å². The van der Waals surface area contributed by atoms with Crippen LogP contribution in [0.1, 0.15) is 47.0 Å². The van der Waals surface area contributed by atoms with Crippen LogP contribution in [0.4, 0.5) is 0 Å². The Bertz CT molecular complexity index is 554. The molecule has 0 amide bonds. The molecule has 1 aromatic heterocycles. The van der Waals surface area contributed by atoms with Crippen molar-refractivity contribution in [1.29, 1.82) is 0 Å². The lowest BCUT2D eigenvalue weighted by Crippen LogP contribution is -2.01. The highest BCUT2D eigenvalue weighted by Crippen LogP contribution is 2.28. The second-order valence-corrected chi connectivity index (χ2v) is 5.49. The van der Waals surface area contributed by atoms with Crippen LogP contribution in [-0.4, -0.2) is 12.9 Å². The van der Waals surface area contributed by atoms with Crippen molar-refractivity contribution in [2.75, 3.05) is 7.11 Å². The van der Waals surface area contributed by atoms with Crippen LogP contribution in [0.3, 0.4) is 0 Å². The van der Waals surface area contributed by atoms with Crippen molar-refractivity contribution in [1.82, 2.24) is 0 Å². The fourth-order valence-electron chi connectivity index (χ4n) is 1.95. The van der Waals surface area contributed by atoms with E-state index >= 15 is 0 Å². The van der Waals surface area contributed by atoms with Crippen LogP contribution in [0, 0.1) is 0 Å². The summed E-state index contributed by atoms with van der Waals surface area (Å²) in [7, 11) is 1.59. The van der Waals surface area contributed by atoms with Gasteiger partial charge in [-0.3, -0.25) is 4.79 Å². The monoisotopic (exact) mass is 274 g/mol. The molecule has 100 valence electrons. The highest BCUT2D eigenvalue weighted by atomic mass is 32.1. The Labute approximate surface area is 118 Å². The minimum atomic E-state index is 0.0301. The smallest absolute Gasteiger partial charge is 0.206 e. The van der Waals surface area contributed by atoms with Crippen molar-refractivity contribution in [3.05, 3.63) is 51.7 Å². The number of rotatable bonds is 5. The molecule has 2 rings (SSSR count). The molecule has 19 heavy (non-hydrogen) atoms. The lowest BCUT2D eigenvalue weighted by Gasteiger charge is -2.09. The first-order valence-corrected chi connectivity index (χ1v) is 7.31. The second kappa shape index (κ2) is 6.02. The topological polar surface area (TPSA) is 26.3 Å². The van der Waals surface area contributed by atoms with Crippen LogP contribution in [0.15, 0.2) is 35.7 Å². The maximum Gasteiger partial charge on any atom is 0.206 e. The summed E-state index contributed by atoms with van der Waals surface area (Å²) in [6.07, 6.45) is 1.10. The van der Waals surface area contributed by atoms with Crippen LogP contribution in [0.2, 0.25) is 0 Å². The quantitative estimate of drug-likeness (QED) is 0.750. The number of thiophene rings is 1. The average molecular weight is 274 g/mol. The molecule has 1 aromatic carbocycles. The Morgan fingerprint density at radius 1 is 1.26 bits per heavy atom. The number of hydrogen-bond acceptors (Lipinski definition) is 3. The largest absolute Gasteiger partial charge is 0.495 e. The van der Waals surface area contributed by atoms with Gasteiger partial charge < -0.3 is 4.74 Å². The zero-order valence-corrected chi connectivity index (χ0v) is 12.3. The van der Waals surface area contributed by atoms with Gasteiger partial charge in [0.15, 0.2) is 0 Å². The van der Waals surface area contributed by atoms with E-state index in [0.717, 1.165) is 6.42 Å². The predicted octanol–water partition coefficient (Wildman–Crippen LogP) is 4.50. The summed E-state index contributed by atoms with van der Waals surface area (Å²) < 4.78 is 5.20. The van der Waals surface area contributed by atoms with Gasteiger partial charge in [0, 0.05) is 5.56 Å². The fraction of sp³-hybridized carbons (Fsp3) is 0.312. The van der Waals surface area contributed by atoms with E-state index in [1.165, 1.54) is 16.9 Å². The van der Waals surface area contributed by atoms with E-state index < -0.39 is 0 Å². The highest BCUT2D eigenvalue weighted by Gasteiger charge is 2.16. The molecule has 0 spiro atoms. The molecule has 0 saturated carbocycles. The third kappa shape index (κ3) is 2.87. The summed E-state index contributed by atoms with van der Waals surface area (Å²) in [6, 6.07) is 9.72. The molecule has 3 heteroatoms. The number of methoxy groups -OCH3 is 1. The summed E-state index contributed by atoms with van der Waals surface area (Å²) in [5.41, 5.74) is 1.99.